The van der Waals surface area contributed by atoms with Crippen molar-refractivity contribution in [3.8, 4) is 5.75 Å². The lowest BCUT2D eigenvalue weighted by atomic mass is 10.1. The molecule has 3 aromatic carbocycles. The van der Waals surface area contributed by atoms with Crippen molar-refractivity contribution in [3.05, 3.63) is 102 Å². The number of benzene rings is 3. The van der Waals surface area contributed by atoms with Gasteiger partial charge in [-0.05, 0) is 12.1 Å². The number of rotatable bonds is 8. The molecule has 18 heteroatoms. The average Bonchev–Trinajstić information content (AvgIpc) is 3.21. The van der Waals surface area contributed by atoms with Crippen molar-refractivity contribution < 1.29 is 51.5 Å². The monoisotopic (exact) mass is 618 g/mol. The molecule has 0 radical (unpaired) electrons. The van der Waals surface area contributed by atoms with Crippen LogP contribution in [0.15, 0.2) is 91.0 Å². The Morgan fingerprint density at radius 2 is 0.897 bits per heavy atom. The van der Waals surface area contributed by atoms with Gasteiger partial charge in [-0.25, -0.2) is 0 Å². The van der Waals surface area contributed by atoms with Gasteiger partial charge in [-0.3, -0.25) is 13.7 Å². The summed E-state index contributed by atoms with van der Waals surface area (Å²) in [5, 5.41) is 0. The highest BCUT2D eigenvalue weighted by Gasteiger charge is 2.76. The normalized spacial score (nSPS) is 16.4. The summed E-state index contributed by atoms with van der Waals surface area (Å²) in [5.41, 5.74) is -2.73. The van der Waals surface area contributed by atoms with Gasteiger partial charge in [0.05, 0.1) is 11.4 Å². The Bertz CT molecular complexity index is 1830. The molecule has 0 aliphatic carbocycles. The van der Waals surface area contributed by atoms with Crippen LogP contribution in [0.5, 0.6) is 5.75 Å². The van der Waals surface area contributed by atoms with Crippen LogP contribution >= 0.6 is 0 Å². The van der Waals surface area contributed by atoms with E-state index < -0.39 is 70.9 Å². The summed E-state index contributed by atoms with van der Waals surface area (Å²) in [6, 6.07) is 18.9. The molecule has 0 atom stereocenters. The molecule has 1 aliphatic rings. The highest BCUT2D eigenvalue weighted by Crippen LogP contribution is 2.54. The van der Waals surface area contributed by atoms with E-state index in [9.17, 15) is 47.3 Å². The van der Waals surface area contributed by atoms with Crippen LogP contribution in [0, 0.1) is 0 Å². The molecule has 0 unspecified atom stereocenters. The Labute approximate surface area is 224 Å². The van der Waals surface area contributed by atoms with Crippen LogP contribution in [0.2, 0.25) is 0 Å². The molecule has 3 aromatic rings. The van der Waals surface area contributed by atoms with Gasteiger partial charge in [-0.15, -0.1) is 0 Å². The fourth-order valence-corrected chi connectivity index (χ4v) is 10.5. The summed E-state index contributed by atoms with van der Waals surface area (Å²) >= 11 is 0. The Kier molecular flexibility index (Phi) is 7.01. The van der Waals surface area contributed by atoms with Gasteiger partial charge < -0.3 is 4.18 Å². The summed E-state index contributed by atoms with van der Waals surface area (Å²) in [4.78, 5) is 0. The predicted molar refractivity (Wildman–Crippen MR) is 137 cm³/mol. The maximum absolute atomic E-state index is 13.8. The van der Waals surface area contributed by atoms with Gasteiger partial charge in [0, 0.05) is 11.1 Å². The van der Waals surface area contributed by atoms with Crippen LogP contribution < -0.4 is 4.18 Å². The molecule has 1 aliphatic heterocycles. The molecular weight excluding hydrogens is 601 g/mol. The van der Waals surface area contributed by atoms with E-state index in [4.69, 9.17) is 4.18 Å². The average molecular weight is 619 g/mol. The molecule has 1 heterocycles. The van der Waals surface area contributed by atoms with Crippen molar-refractivity contribution in [1.29, 1.82) is 0 Å². The van der Waals surface area contributed by atoms with Crippen molar-refractivity contribution in [3.63, 3.8) is 0 Å². The van der Waals surface area contributed by atoms with Crippen molar-refractivity contribution in [2.45, 2.75) is 4.33 Å². The third kappa shape index (κ3) is 4.75. The number of para-hydroxylation sites is 1. The molecule has 208 valence electrons. The summed E-state index contributed by atoms with van der Waals surface area (Å²) in [7, 11) is -25.2. The Morgan fingerprint density at radius 1 is 0.538 bits per heavy atom. The predicted octanol–water partition coefficient (Wildman–Crippen LogP) is 1.64. The van der Waals surface area contributed by atoms with Crippen LogP contribution in [-0.4, -0.2) is 60.3 Å². The highest BCUT2D eigenvalue weighted by atomic mass is 32.3. The zero-order valence-electron chi connectivity index (χ0n) is 19.2. The first-order chi connectivity index (χ1) is 18.0. The lowest BCUT2D eigenvalue weighted by Crippen LogP contribution is -2.67. The molecule has 0 fully saturated rings. The van der Waals surface area contributed by atoms with Gasteiger partial charge in [0.25, 0.3) is 0 Å². The lowest BCUT2D eigenvalue weighted by molar-refractivity contribution is 0.261. The van der Waals surface area contributed by atoms with Crippen LogP contribution in [-0.2, 0) is 40.8 Å². The Hall–Kier alpha value is -3.52. The van der Waals surface area contributed by atoms with Crippen molar-refractivity contribution in [2.24, 2.45) is 0 Å². The van der Waals surface area contributed by atoms with E-state index >= 15 is 0 Å². The minimum atomic E-state index is -6.59. The number of hydrogen-bond acceptors (Lipinski definition) is 9. The van der Waals surface area contributed by atoms with E-state index in [2.05, 4.69) is 0 Å². The molecule has 0 spiro atoms. The molecule has 0 aromatic heterocycles. The second-order valence-corrected chi connectivity index (χ2v) is 13.7. The first-order valence-corrected chi connectivity index (χ1v) is 16.0. The Morgan fingerprint density at radius 3 is 1.26 bits per heavy atom. The van der Waals surface area contributed by atoms with Crippen LogP contribution in [0.3, 0.4) is 0 Å². The molecule has 4 rings (SSSR count). The third-order valence-corrected chi connectivity index (χ3v) is 11.3. The van der Waals surface area contributed by atoms with E-state index in [-0.39, 0.29) is 11.1 Å². The van der Waals surface area contributed by atoms with E-state index in [0.717, 1.165) is 36.4 Å². The lowest BCUT2D eigenvalue weighted by Gasteiger charge is -2.37. The third-order valence-electron chi connectivity index (χ3n) is 5.31. The smallest absolute Gasteiger partial charge is 0.367 e. The van der Waals surface area contributed by atoms with Crippen LogP contribution in [0.25, 0.3) is 11.4 Å². The maximum Gasteiger partial charge on any atom is 0.413 e. The number of hydrogen-bond donors (Lipinski definition) is 3. The molecule has 39 heavy (non-hydrogen) atoms. The van der Waals surface area contributed by atoms with E-state index in [0.29, 0.717) is 0 Å². The molecule has 0 bridgehead atoms. The minimum Gasteiger partial charge on any atom is -0.367 e. The first kappa shape index (κ1) is 28.5. The second-order valence-electron chi connectivity index (χ2n) is 7.79. The fourth-order valence-electron chi connectivity index (χ4n) is 3.96. The van der Waals surface area contributed by atoms with E-state index in [1.54, 1.807) is 0 Å². The Balaban J connectivity index is 2.30. The summed E-state index contributed by atoms with van der Waals surface area (Å²) in [6.45, 7) is 0. The molecular formula is C21H18N2O12S4. The SMILES string of the molecule is O=S(=O)(O)N1C(c2ccccc2)=C(c2ccccc2)N(S(=O)(=O)Oc2ccccc2)C1(S(=O)(=O)O)S(=O)(=O)O. The topological polar surface area (TPSA) is 213 Å². The maximum atomic E-state index is 13.8. The molecule has 0 amide bonds. The van der Waals surface area contributed by atoms with Gasteiger partial charge in [0.2, 0.25) is 0 Å². The molecule has 0 saturated heterocycles. The molecule has 3 N–H and O–H groups in total. The second kappa shape index (κ2) is 9.59. The van der Waals surface area contributed by atoms with Gasteiger partial charge in [0.15, 0.2) is 0 Å². The van der Waals surface area contributed by atoms with Gasteiger partial charge >= 0.3 is 45.2 Å². The zero-order chi connectivity index (χ0) is 28.9. The largest absolute Gasteiger partial charge is 0.413 e. The quantitative estimate of drug-likeness (QED) is 0.307. The minimum absolute atomic E-state index is 0.320. The summed E-state index contributed by atoms with van der Waals surface area (Å²) < 4.78 is 134. The van der Waals surface area contributed by atoms with Crippen molar-refractivity contribution in [2.75, 3.05) is 0 Å². The van der Waals surface area contributed by atoms with Gasteiger partial charge in [-0.2, -0.15) is 42.3 Å². The standard InChI is InChI=1S/C21H18N2O12S4/c24-36(25,26)21(37(27,28)29)22(38(30,31)32)19(16-10-4-1-5-11-16)20(17-12-6-2-7-13-17)23(21)39(33,34)35-18-14-8-3-9-15-18/h1-15H,(H,24,25,26)(H,27,28,29)(H,30,31,32). The van der Waals surface area contributed by atoms with Crippen LogP contribution in [0.1, 0.15) is 11.1 Å². The van der Waals surface area contributed by atoms with Gasteiger partial charge in [0.1, 0.15) is 5.75 Å². The fraction of sp³-hybridized carbons (Fsp3) is 0.0476. The van der Waals surface area contributed by atoms with E-state index in [1.807, 2.05) is 0 Å². The first-order valence-electron chi connectivity index (χ1n) is 10.4. The van der Waals surface area contributed by atoms with E-state index in [1.165, 1.54) is 54.6 Å². The molecule has 0 saturated carbocycles. The van der Waals surface area contributed by atoms with Crippen molar-refractivity contribution >= 4 is 52.2 Å². The number of nitrogens with zero attached hydrogens (tertiary/aromatic N) is 2. The van der Waals surface area contributed by atoms with Crippen molar-refractivity contribution in [1.82, 2.24) is 8.61 Å². The zero-order valence-corrected chi connectivity index (χ0v) is 22.5. The highest BCUT2D eigenvalue weighted by molar-refractivity contribution is 8.07. The van der Waals surface area contributed by atoms with Gasteiger partial charge in [-0.1, -0.05) is 78.9 Å². The summed E-state index contributed by atoms with van der Waals surface area (Å²) in [5.74, 6) is -0.490. The molecule has 14 nitrogen and oxygen atoms in total. The van der Waals surface area contributed by atoms with Crippen LogP contribution in [0.4, 0.5) is 0 Å². The summed E-state index contributed by atoms with van der Waals surface area (Å²) in [6.07, 6.45) is 0.